The maximum Gasteiger partial charge on any atom is 0.472 e. The predicted molar refractivity (Wildman–Crippen MR) is 296 cm³/mol. The molecule has 16 atom stereocenters. The Hall–Kier alpha value is -2.07. The molecule has 0 aromatic rings. The first kappa shape index (κ1) is 73.2. The summed E-state index contributed by atoms with van der Waals surface area (Å²) in [7, 11) is -5.65. The summed E-state index contributed by atoms with van der Waals surface area (Å²) in [4.78, 5) is 37.4. The molecule has 0 amide bonds. The summed E-state index contributed by atoms with van der Waals surface area (Å²) in [6.45, 7) is 0.905. The van der Waals surface area contributed by atoms with Gasteiger partial charge in [0.1, 0.15) is 92.1 Å². The smallest absolute Gasteiger partial charge is 0.458 e. The summed E-state index contributed by atoms with van der Waals surface area (Å²) in [5.41, 5.74) is 0. The van der Waals surface area contributed by atoms with Crippen LogP contribution in [0.4, 0.5) is 0 Å². The Morgan fingerprint density at radius 2 is 0.889 bits per heavy atom. The minimum atomic E-state index is -5.65. The first-order chi connectivity index (χ1) is 38.9. The Kier molecular flexibility index (Phi) is 37.8. The third kappa shape index (κ3) is 27.5. The Morgan fingerprint density at radius 3 is 1.31 bits per heavy atom. The van der Waals surface area contributed by atoms with Gasteiger partial charge in [-0.05, 0) is 19.3 Å². The van der Waals surface area contributed by atoms with E-state index in [1.807, 2.05) is 6.08 Å². The zero-order valence-electron chi connectivity index (χ0n) is 48.1. The molecule has 2 saturated heterocycles. The van der Waals surface area contributed by atoms with Gasteiger partial charge in [-0.2, -0.15) is 0 Å². The van der Waals surface area contributed by atoms with Crippen LogP contribution in [0.15, 0.2) is 24.3 Å². The number of carbonyl (C=O) groups is 2. The Balaban J connectivity index is 1.71. The molecule has 0 bridgehead atoms. The summed E-state index contributed by atoms with van der Waals surface area (Å²) >= 11 is 0. The van der Waals surface area contributed by atoms with E-state index in [1.165, 1.54) is 115 Å². The number of aliphatic hydroxyl groups is 11. The van der Waals surface area contributed by atoms with Crippen molar-refractivity contribution >= 4 is 19.8 Å². The number of aliphatic hydroxyl groups excluding tert-OH is 11. The molecule has 2 heterocycles. The molecule has 3 fully saturated rings. The first-order valence-electron chi connectivity index (χ1n) is 30.2. The molecule has 0 radical (unpaired) electrons. The molecule has 12 N–H and O–H groups in total. The SMILES string of the molecule is CCCCCCCCCCCCC/C=C/C=C/C(=O)OCC(COP(=O)(O)OC1C(OC2OC(CO)C(O)C(O)C2O)C(O)C(O)C(O)C1OC1OC(CO)C(O)C(O)C1O)OC(=O)CCCCCCCCCCCCCCCCC. The van der Waals surface area contributed by atoms with Crippen LogP contribution in [0.3, 0.4) is 0 Å². The highest BCUT2D eigenvalue weighted by Gasteiger charge is 2.58. The number of hydrogen-bond acceptors (Lipinski definition) is 22. The lowest BCUT2D eigenvalue weighted by molar-refractivity contribution is -0.360. The van der Waals surface area contributed by atoms with E-state index in [0.717, 1.165) is 63.9 Å². The van der Waals surface area contributed by atoms with Gasteiger partial charge in [0.05, 0.1) is 19.8 Å². The molecule has 81 heavy (non-hydrogen) atoms. The minimum Gasteiger partial charge on any atom is -0.458 e. The standard InChI is InChI=1S/C57H103O23P/c1-3-5-7-9-11-13-15-17-19-21-23-25-27-29-31-33-42(60)73-37-39(75-43(61)34-32-30-28-26-24-22-20-18-16-14-12-10-8-6-4-2)38-74-81(71,72)80-55-53(78-56-51(69)46(64)44(62)40(35-58)76-56)49(67)48(66)50(68)54(55)79-57-52(70)47(65)45(63)41(36-59)77-57/h27,29,31,33,39-41,44-59,62-70H,3-26,28,30,32,34-38H2,1-2H3,(H,71,72)/b29-27+,33-31+. The highest BCUT2D eigenvalue weighted by atomic mass is 31.2. The largest absolute Gasteiger partial charge is 0.472 e. The van der Waals surface area contributed by atoms with Crippen molar-refractivity contribution in [2.45, 2.75) is 298 Å². The number of phosphoric ester groups is 1. The van der Waals surface area contributed by atoms with E-state index in [-0.39, 0.29) is 6.42 Å². The van der Waals surface area contributed by atoms with Gasteiger partial charge in [-0.15, -0.1) is 0 Å². The summed E-state index contributed by atoms with van der Waals surface area (Å²) < 4.78 is 57.9. The van der Waals surface area contributed by atoms with Gasteiger partial charge in [-0.3, -0.25) is 13.8 Å². The Morgan fingerprint density at radius 1 is 0.494 bits per heavy atom. The van der Waals surface area contributed by atoms with Gasteiger partial charge in [-0.25, -0.2) is 9.36 Å². The van der Waals surface area contributed by atoms with Gasteiger partial charge >= 0.3 is 19.8 Å². The lowest BCUT2D eigenvalue weighted by Crippen LogP contribution is -2.69. The van der Waals surface area contributed by atoms with Gasteiger partial charge in [0.15, 0.2) is 18.7 Å². The lowest BCUT2D eigenvalue weighted by Gasteiger charge is -2.49. The van der Waals surface area contributed by atoms with Crippen molar-refractivity contribution in [3.63, 3.8) is 0 Å². The third-order valence-corrected chi connectivity index (χ3v) is 16.1. The summed E-state index contributed by atoms with van der Waals surface area (Å²) in [5, 5.41) is 117. The fraction of sp³-hybridized carbons (Fsp3) is 0.895. The van der Waals surface area contributed by atoms with Crippen LogP contribution < -0.4 is 0 Å². The predicted octanol–water partition coefficient (Wildman–Crippen LogP) is 4.49. The molecule has 16 unspecified atom stereocenters. The number of unbranched alkanes of at least 4 members (excludes halogenated alkanes) is 25. The van der Waals surface area contributed by atoms with E-state index in [2.05, 4.69) is 13.8 Å². The summed E-state index contributed by atoms with van der Waals surface area (Å²) in [5.74, 6) is -1.58. The zero-order chi connectivity index (χ0) is 59.6. The fourth-order valence-electron chi connectivity index (χ4n) is 10.1. The second-order valence-corrected chi connectivity index (χ2v) is 23.4. The van der Waals surface area contributed by atoms with E-state index in [9.17, 15) is 75.2 Å². The second-order valence-electron chi connectivity index (χ2n) is 22.0. The molecule has 3 aliphatic rings. The van der Waals surface area contributed by atoms with Crippen LogP contribution in [0.2, 0.25) is 0 Å². The summed E-state index contributed by atoms with van der Waals surface area (Å²) in [6.07, 6.45) is 2.20. The minimum absolute atomic E-state index is 0.0477. The molecule has 3 rings (SSSR count). The average Bonchev–Trinajstić information content (AvgIpc) is 3.48. The van der Waals surface area contributed by atoms with Crippen LogP contribution in [0.1, 0.15) is 194 Å². The molecule has 24 heteroatoms. The third-order valence-electron chi connectivity index (χ3n) is 15.1. The maximum atomic E-state index is 14.0. The fourth-order valence-corrected chi connectivity index (χ4v) is 11.1. The molecule has 0 aromatic carbocycles. The van der Waals surface area contributed by atoms with E-state index >= 15 is 0 Å². The number of carbonyl (C=O) groups excluding carboxylic acids is 2. The van der Waals surface area contributed by atoms with Crippen LogP contribution >= 0.6 is 7.82 Å². The lowest BCUT2D eigenvalue weighted by atomic mass is 9.84. The number of rotatable bonds is 44. The Labute approximate surface area is 479 Å². The van der Waals surface area contributed by atoms with Crippen LogP contribution in [0.5, 0.6) is 0 Å². The van der Waals surface area contributed by atoms with Gasteiger partial charge in [0, 0.05) is 12.5 Å². The molecule has 23 nitrogen and oxygen atoms in total. The first-order valence-corrected chi connectivity index (χ1v) is 31.7. The normalized spacial score (nSPS) is 31.1. The molecule has 1 saturated carbocycles. The number of hydrogen-bond donors (Lipinski definition) is 12. The molecule has 474 valence electrons. The van der Waals surface area contributed by atoms with Crippen molar-refractivity contribution in [3.8, 4) is 0 Å². The van der Waals surface area contributed by atoms with Crippen molar-refractivity contribution < 1.29 is 113 Å². The average molecular weight is 1190 g/mol. The summed E-state index contributed by atoms with van der Waals surface area (Å²) in [6, 6.07) is 0. The zero-order valence-corrected chi connectivity index (χ0v) is 49.0. The number of allylic oxidation sites excluding steroid dienone is 3. The van der Waals surface area contributed by atoms with Crippen LogP contribution in [0.25, 0.3) is 0 Å². The number of esters is 2. The monoisotopic (exact) mass is 1190 g/mol. The highest BCUT2D eigenvalue weighted by molar-refractivity contribution is 7.47. The van der Waals surface area contributed by atoms with Crippen molar-refractivity contribution in [2.24, 2.45) is 0 Å². The number of phosphoric acid groups is 1. The van der Waals surface area contributed by atoms with Crippen LogP contribution in [-0.4, -0.2) is 204 Å². The van der Waals surface area contributed by atoms with Crippen molar-refractivity contribution in [1.29, 1.82) is 0 Å². The van der Waals surface area contributed by atoms with E-state index in [0.29, 0.717) is 6.42 Å². The van der Waals surface area contributed by atoms with Gasteiger partial charge in [0.2, 0.25) is 0 Å². The molecule has 1 aliphatic carbocycles. The maximum absolute atomic E-state index is 14.0. The van der Waals surface area contributed by atoms with E-state index < -0.39 is 150 Å². The molecular weight excluding hydrogens is 1080 g/mol. The van der Waals surface area contributed by atoms with Gasteiger partial charge < -0.3 is 89.5 Å². The van der Waals surface area contributed by atoms with Gasteiger partial charge in [-0.1, -0.05) is 186 Å². The quantitative estimate of drug-likeness (QED) is 0.0131. The van der Waals surface area contributed by atoms with Crippen molar-refractivity contribution in [1.82, 2.24) is 0 Å². The van der Waals surface area contributed by atoms with Crippen LogP contribution in [0, 0.1) is 0 Å². The molecular formula is C57H103O23P. The van der Waals surface area contributed by atoms with Crippen molar-refractivity contribution in [2.75, 3.05) is 26.4 Å². The van der Waals surface area contributed by atoms with E-state index in [4.69, 9.17) is 37.5 Å². The second kappa shape index (κ2) is 41.9. The van der Waals surface area contributed by atoms with Crippen LogP contribution in [-0.2, 0) is 51.6 Å². The molecule has 2 aliphatic heterocycles. The molecule has 0 aromatic heterocycles. The topological polar surface area (TPSA) is 368 Å². The molecule has 0 spiro atoms. The van der Waals surface area contributed by atoms with Crippen molar-refractivity contribution in [3.05, 3.63) is 24.3 Å². The van der Waals surface area contributed by atoms with Gasteiger partial charge in [0.25, 0.3) is 0 Å². The van der Waals surface area contributed by atoms with E-state index in [1.54, 1.807) is 6.08 Å². The Bertz CT molecular complexity index is 1710. The highest BCUT2D eigenvalue weighted by Crippen LogP contribution is 2.49. The number of ether oxygens (including phenoxy) is 6.